The van der Waals surface area contributed by atoms with Gasteiger partial charge >= 0.3 is 0 Å². The van der Waals surface area contributed by atoms with Crippen LogP contribution in [0.4, 0.5) is 0 Å². The van der Waals surface area contributed by atoms with E-state index in [1.807, 2.05) is 12.3 Å². The van der Waals surface area contributed by atoms with E-state index in [9.17, 15) is 0 Å². The molecule has 3 rings (SSSR count). The zero-order valence-corrected chi connectivity index (χ0v) is 15.9. The van der Waals surface area contributed by atoms with Crippen molar-refractivity contribution in [2.45, 2.75) is 57.7 Å². The van der Waals surface area contributed by atoms with Gasteiger partial charge in [-0.15, -0.1) is 0 Å². The molecule has 1 saturated heterocycles. The molecule has 5 heteroatoms. The van der Waals surface area contributed by atoms with Crippen molar-refractivity contribution in [2.24, 2.45) is 16.6 Å². The molecule has 0 spiro atoms. The summed E-state index contributed by atoms with van der Waals surface area (Å²) in [6.45, 7) is 4.93. The van der Waals surface area contributed by atoms with Crippen LogP contribution < -0.4 is 11.1 Å². The third-order valence-corrected chi connectivity index (χ3v) is 5.16. The molecule has 0 aromatic carbocycles. The molecule has 0 amide bonds. The molecule has 0 saturated carbocycles. The predicted molar refractivity (Wildman–Crippen MR) is 106 cm³/mol. The molecule has 1 aromatic heterocycles. The van der Waals surface area contributed by atoms with E-state index in [0.717, 1.165) is 51.1 Å². The average Bonchev–Trinajstić information content (AvgIpc) is 3.05. The topological polar surface area (TPSA) is 72.5 Å². The molecule has 1 aromatic rings. The van der Waals surface area contributed by atoms with E-state index >= 15 is 0 Å². The van der Waals surface area contributed by atoms with Crippen LogP contribution in [0.15, 0.2) is 41.0 Å². The molecular formula is C21H32N4O. The van der Waals surface area contributed by atoms with Crippen molar-refractivity contribution in [1.29, 1.82) is 0 Å². The molecular weight excluding hydrogens is 324 g/mol. The van der Waals surface area contributed by atoms with E-state index in [0.29, 0.717) is 12.0 Å². The lowest BCUT2D eigenvalue weighted by atomic mass is 9.95. The van der Waals surface area contributed by atoms with Gasteiger partial charge in [-0.05, 0) is 50.8 Å². The number of rotatable bonds is 9. The number of hydrogen-bond donors (Lipinski definition) is 2. The van der Waals surface area contributed by atoms with Crippen LogP contribution in [0.5, 0.6) is 0 Å². The molecule has 3 unspecified atom stereocenters. The van der Waals surface area contributed by atoms with E-state index in [-0.39, 0.29) is 6.17 Å². The van der Waals surface area contributed by atoms with Crippen LogP contribution in [0.1, 0.15) is 44.7 Å². The summed E-state index contributed by atoms with van der Waals surface area (Å²) in [6.07, 6.45) is 10.7. The molecule has 5 nitrogen and oxygen atoms in total. The monoisotopic (exact) mass is 356 g/mol. The number of pyridine rings is 1. The van der Waals surface area contributed by atoms with Crippen molar-refractivity contribution in [3.63, 3.8) is 0 Å². The largest absolute Gasteiger partial charge is 0.377 e. The van der Waals surface area contributed by atoms with Gasteiger partial charge in [0.2, 0.25) is 0 Å². The summed E-state index contributed by atoms with van der Waals surface area (Å²) in [6, 6.07) is 6.12. The van der Waals surface area contributed by atoms with Crippen molar-refractivity contribution in [1.82, 2.24) is 10.3 Å². The molecule has 26 heavy (non-hydrogen) atoms. The maximum Gasteiger partial charge on any atom is 0.101 e. The zero-order chi connectivity index (χ0) is 18.2. The molecule has 0 bridgehead atoms. The predicted octanol–water partition coefficient (Wildman–Crippen LogP) is 2.86. The van der Waals surface area contributed by atoms with Gasteiger partial charge in [-0.3, -0.25) is 9.98 Å². The second-order valence-electron chi connectivity index (χ2n) is 7.55. The van der Waals surface area contributed by atoms with Crippen LogP contribution in [0.25, 0.3) is 0 Å². The minimum Gasteiger partial charge on any atom is -0.377 e. The second-order valence-corrected chi connectivity index (χ2v) is 7.55. The molecule has 3 atom stereocenters. The number of aryl methyl sites for hydroxylation is 1. The lowest BCUT2D eigenvalue weighted by Gasteiger charge is -2.22. The van der Waals surface area contributed by atoms with Crippen LogP contribution >= 0.6 is 0 Å². The van der Waals surface area contributed by atoms with Crippen molar-refractivity contribution < 1.29 is 4.74 Å². The molecule has 0 aliphatic carbocycles. The average molecular weight is 357 g/mol. The fraction of sp³-hybridized carbons (Fsp3) is 0.619. The highest BCUT2D eigenvalue weighted by Crippen LogP contribution is 2.21. The lowest BCUT2D eigenvalue weighted by molar-refractivity contribution is 0.0373. The first kappa shape index (κ1) is 19.2. The van der Waals surface area contributed by atoms with E-state index in [2.05, 4.69) is 40.4 Å². The number of aromatic nitrogens is 1. The molecule has 3 N–H and O–H groups in total. The Morgan fingerprint density at radius 3 is 2.96 bits per heavy atom. The number of ether oxygens (including phenoxy) is 1. The molecule has 0 radical (unpaired) electrons. The number of nitrogens with one attached hydrogen (secondary N) is 1. The normalized spacial score (nSPS) is 25.8. The van der Waals surface area contributed by atoms with E-state index in [1.54, 1.807) is 0 Å². The third-order valence-electron chi connectivity index (χ3n) is 5.16. The van der Waals surface area contributed by atoms with Gasteiger partial charge in [0.25, 0.3) is 0 Å². The van der Waals surface area contributed by atoms with Crippen LogP contribution in [-0.2, 0) is 11.2 Å². The molecule has 2 aliphatic heterocycles. The van der Waals surface area contributed by atoms with Gasteiger partial charge in [0.05, 0.1) is 6.10 Å². The summed E-state index contributed by atoms with van der Waals surface area (Å²) < 4.78 is 6.18. The van der Waals surface area contributed by atoms with Gasteiger partial charge in [-0.1, -0.05) is 18.1 Å². The highest BCUT2D eigenvalue weighted by molar-refractivity contribution is 5.96. The smallest absolute Gasteiger partial charge is 0.101 e. The highest BCUT2D eigenvalue weighted by atomic mass is 16.5. The molecule has 1 fully saturated rings. The Labute approximate surface area is 157 Å². The van der Waals surface area contributed by atoms with Gasteiger partial charge in [-0.25, -0.2) is 0 Å². The minimum atomic E-state index is -0.0668. The molecule has 2 aliphatic rings. The number of nitrogens with zero attached hydrogens (tertiary/aromatic N) is 2. The van der Waals surface area contributed by atoms with E-state index in [4.69, 9.17) is 10.5 Å². The SMILES string of the molecule is CC1=CC(CC2CNCC2OCCCCCc2ccccn2)=NC(N)C1. The Bertz CT molecular complexity index is 614. The van der Waals surface area contributed by atoms with Crippen molar-refractivity contribution in [3.05, 3.63) is 41.7 Å². The van der Waals surface area contributed by atoms with Gasteiger partial charge < -0.3 is 15.8 Å². The Morgan fingerprint density at radius 1 is 1.23 bits per heavy atom. The second kappa shape index (κ2) is 9.95. The summed E-state index contributed by atoms with van der Waals surface area (Å²) in [5.41, 5.74) is 9.67. The van der Waals surface area contributed by atoms with E-state index in [1.165, 1.54) is 24.1 Å². The summed E-state index contributed by atoms with van der Waals surface area (Å²) in [5, 5.41) is 3.47. The van der Waals surface area contributed by atoms with Crippen LogP contribution in [0.2, 0.25) is 0 Å². The Balaban J connectivity index is 1.34. The van der Waals surface area contributed by atoms with Crippen LogP contribution in [0.3, 0.4) is 0 Å². The number of allylic oxidation sites excluding steroid dienone is 1. The first-order valence-corrected chi connectivity index (χ1v) is 9.92. The first-order valence-electron chi connectivity index (χ1n) is 9.92. The Hall–Kier alpha value is -1.56. The van der Waals surface area contributed by atoms with Crippen LogP contribution in [0, 0.1) is 5.92 Å². The zero-order valence-electron chi connectivity index (χ0n) is 15.9. The number of nitrogens with two attached hydrogens (primary N) is 1. The fourth-order valence-electron chi connectivity index (χ4n) is 3.82. The van der Waals surface area contributed by atoms with Gasteiger partial charge in [-0.2, -0.15) is 0 Å². The summed E-state index contributed by atoms with van der Waals surface area (Å²) >= 11 is 0. The molecule has 3 heterocycles. The maximum atomic E-state index is 6.18. The lowest BCUT2D eigenvalue weighted by Crippen LogP contribution is -2.28. The Kier molecular flexibility index (Phi) is 7.35. The molecule has 142 valence electrons. The van der Waals surface area contributed by atoms with Crippen molar-refractivity contribution in [3.8, 4) is 0 Å². The maximum absolute atomic E-state index is 6.18. The summed E-state index contributed by atoms with van der Waals surface area (Å²) in [7, 11) is 0. The van der Waals surface area contributed by atoms with E-state index < -0.39 is 0 Å². The fourth-order valence-corrected chi connectivity index (χ4v) is 3.82. The quantitative estimate of drug-likeness (QED) is 0.667. The number of hydrogen-bond acceptors (Lipinski definition) is 5. The highest BCUT2D eigenvalue weighted by Gasteiger charge is 2.29. The van der Waals surface area contributed by atoms with Gasteiger partial charge in [0, 0.05) is 49.6 Å². The third kappa shape index (κ3) is 6.01. The van der Waals surface area contributed by atoms with Crippen LogP contribution in [-0.4, -0.2) is 42.7 Å². The Morgan fingerprint density at radius 2 is 2.15 bits per heavy atom. The summed E-state index contributed by atoms with van der Waals surface area (Å²) in [5.74, 6) is 0.497. The number of aliphatic imine (C=N–C) groups is 1. The summed E-state index contributed by atoms with van der Waals surface area (Å²) in [4.78, 5) is 8.98. The van der Waals surface area contributed by atoms with Gasteiger partial charge in [0.1, 0.15) is 6.17 Å². The van der Waals surface area contributed by atoms with Gasteiger partial charge in [0.15, 0.2) is 0 Å². The number of unbranched alkanes of at least 4 members (excludes halogenated alkanes) is 2. The minimum absolute atomic E-state index is 0.0668. The standard InChI is InChI=1S/C21H32N4O/c1-16-11-19(25-21(22)12-16)13-17-14-23-15-20(17)26-10-6-2-3-7-18-8-4-5-9-24-18/h4-5,8-9,11,17,20-21,23H,2-3,6-7,10,12-15,22H2,1H3. The first-order chi connectivity index (χ1) is 12.7. The number of dihydropyridines is 1. The van der Waals surface area contributed by atoms with Crippen molar-refractivity contribution >= 4 is 5.71 Å². The van der Waals surface area contributed by atoms with Crippen molar-refractivity contribution in [2.75, 3.05) is 19.7 Å².